The van der Waals surface area contributed by atoms with Gasteiger partial charge in [-0.2, -0.15) is 5.10 Å². The van der Waals surface area contributed by atoms with Crippen molar-refractivity contribution in [2.45, 2.75) is 59.9 Å². The second kappa shape index (κ2) is 13.4. The molecule has 7 heteroatoms. The summed E-state index contributed by atoms with van der Waals surface area (Å²) in [4.78, 5) is 6.97. The van der Waals surface area contributed by atoms with Gasteiger partial charge in [0.05, 0.1) is 5.69 Å². The van der Waals surface area contributed by atoms with Crippen LogP contribution in [0.15, 0.2) is 11.1 Å². The van der Waals surface area contributed by atoms with Gasteiger partial charge in [-0.3, -0.25) is 9.67 Å². The van der Waals surface area contributed by atoms with Crippen LogP contribution in [0.2, 0.25) is 0 Å². The number of rotatable bonds is 9. The van der Waals surface area contributed by atoms with Crippen molar-refractivity contribution in [1.29, 1.82) is 0 Å². The molecule has 1 aliphatic heterocycles. The molecule has 0 spiro atoms. The van der Waals surface area contributed by atoms with E-state index in [1.165, 1.54) is 44.6 Å². The van der Waals surface area contributed by atoms with Crippen LogP contribution in [-0.2, 0) is 6.54 Å². The van der Waals surface area contributed by atoms with Crippen LogP contribution >= 0.6 is 24.0 Å². The molecule has 0 radical (unpaired) electrons. The number of nitrogens with zero attached hydrogens (tertiary/aromatic N) is 4. The van der Waals surface area contributed by atoms with Gasteiger partial charge < -0.3 is 15.5 Å². The van der Waals surface area contributed by atoms with Crippen molar-refractivity contribution in [3.63, 3.8) is 0 Å². The van der Waals surface area contributed by atoms with E-state index in [1.807, 2.05) is 14.0 Å². The molecule has 1 fully saturated rings. The summed E-state index contributed by atoms with van der Waals surface area (Å²) in [6, 6.07) is 2.12. The van der Waals surface area contributed by atoms with Crippen molar-refractivity contribution in [2.24, 2.45) is 16.8 Å². The lowest BCUT2D eigenvalue weighted by Crippen LogP contribution is -2.40. The third kappa shape index (κ3) is 9.11. The topological polar surface area (TPSA) is 57.5 Å². The molecule has 0 aliphatic carbocycles. The first kappa shape index (κ1) is 25.2. The highest BCUT2D eigenvalue weighted by atomic mass is 127. The van der Waals surface area contributed by atoms with E-state index in [0.29, 0.717) is 0 Å². The van der Waals surface area contributed by atoms with Gasteiger partial charge >= 0.3 is 0 Å². The number of guanidine groups is 1. The first-order valence-corrected chi connectivity index (χ1v) is 10.7. The van der Waals surface area contributed by atoms with Crippen LogP contribution in [0.4, 0.5) is 0 Å². The summed E-state index contributed by atoms with van der Waals surface area (Å²) < 4.78 is 2.08. The fraction of sp³-hybridized carbons (Fsp3) is 0.810. The Hall–Kier alpha value is -0.830. The van der Waals surface area contributed by atoms with Crippen LogP contribution in [0.3, 0.4) is 0 Å². The van der Waals surface area contributed by atoms with E-state index in [0.717, 1.165) is 49.5 Å². The molecule has 162 valence electrons. The molecule has 2 unspecified atom stereocenters. The number of aromatic nitrogens is 2. The maximum Gasteiger partial charge on any atom is 0.190 e. The average molecular weight is 505 g/mol. The summed E-state index contributed by atoms with van der Waals surface area (Å²) in [7, 11) is 1.84. The predicted octanol–water partition coefficient (Wildman–Crippen LogP) is 3.43. The smallest absolute Gasteiger partial charge is 0.190 e. The van der Waals surface area contributed by atoms with Crippen LogP contribution in [0.25, 0.3) is 0 Å². The summed E-state index contributed by atoms with van der Waals surface area (Å²) in [6.45, 7) is 15.5. The van der Waals surface area contributed by atoms with Gasteiger partial charge in [0.1, 0.15) is 0 Å². The van der Waals surface area contributed by atoms with Gasteiger partial charge in [0.25, 0.3) is 0 Å². The molecule has 0 aromatic carbocycles. The number of likely N-dealkylation sites (tertiary alicyclic amines) is 1. The number of piperidine rings is 1. The van der Waals surface area contributed by atoms with Crippen LogP contribution in [0.1, 0.15) is 50.9 Å². The first-order valence-electron chi connectivity index (χ1n) is 10.7. The molecule has 2 atom stereocenters. The quantitative estimate of drug-likeness (QED) is 0.234. The zero-order chi connectivity index (χ0) is 19.6. The number of aliphatic imine (C=N–C) groups is 1. The lowest BCUT2D eigenvalue weighted by atomic mass is 9.92. The SMILES string of the molecule is CN=C(NCCCCN1CC(C)CC(C)C1)NCCCn1nc(C)cc1C.I. The van der Waals surface area contributed by atoms with Crippen LogP contribution in [0.5, 0.6) is 0 Å². The Morgan fingerprint density at radius 1 is 1.07 bits per heavy atom. The Morgan fingerprint density at radius 2 is 1.71 bits per heavy atom. The normalized spacial score (nSPS) is 20.7. The highest BCUT2D eigenvalue weighted by Gasteiger charge is 2.20. The largest absolute Gasteiger partial charge is 0.356 e. The van der Waals surface area contributed by atoms with E-state index in [4.69, 9.17) is 0 Å². The second-order valence-corrected chi connectivity index (χ2v) is 8.34. The highest BCUT2D eigenvalue weighted by molar-refractivity contribution is 14.0. The number of nitrogens with one attached hydrogen (secondary N) is 2. The number of hydrogen-bond donors (Lipinski definition) is 2. The summed E-state index contributed by atoms with van der Waals surface area (Å²) >= 11 is 0. The Labute approximate surface area is 189 Å². The van der Waals surface area contributed by atoms with Crippen molar-refractivity contribution < 1.29 is 0 Å². The summed E-state index contributed by atoms with van der Waals surface area (Å²) in [5.74, 6) is 2.61. The lowest BCUT2D eigenvalue weighted by molar-refractivity contribution is 0.139. The standard InChI is InChI=1S/C21H40N6.HI/c1-17-13-18(2)16-26(15-17)11-7-6-9-23-21(22-5)24-10-8-12-27-20(4)14-19(3)25-27;/h14,17-18H,6-13,15-16H2,1-5H3,(H2,22,23,24);1H. The molecule has 0 bridgehead atoms. The highest BCUT2D eigenvalue weighted by Crippen LogP contribution is 2.20. The number of unbranched alkanes of at least 4 members (excludes halogenated alkanes) is 1. The zero-order valence-electron chi connectivity index (χ0n) is 18.5. The molecule has 0 amide bonds. The molecule has 2 heterocycles. The summed E-state index contributed by atoms with van der Waals surface area (Å²) in [5, 5.41) is 11.3. The molecule has 6 nitrogen and oxygen atoms in total. The number of aryl methyl sites for hydroxylation is 3. The van der Waals surface area contributed by atoms with Crippen molar-refractivity contribution in [1.82, 2.24) is 25.3 Å². The molecule has 0 saturated carbocycles. The van der Waals surface area contributed by atoms with Gasteiger partial charge in [-0.15, -0.1) is 24.0 Å². The number of halogens is 1. The van der Waals surface area contributed by atoms with Gasteiger partial charge in [-0.05, 0) is 64.0 Å². The Balaban J connectivity index is 0.00000392. The fourth-order valence-electron chi connectivity index (χ4n) is 4.20. The zero-order valence-corrected chi connectivity index (χ0v) is 20.8. The summed E-state index contributed by atoms with van der Waals surface area (Å²) in [6.07, 6.45) is 4.86. The van der Waals surface area contributed by atoms with E-state index in [2.05, 4.69) is 57.1 Å². The molecule has 2 rings (SSSR count). The van der Waals surface area contributed by atoms with Crippen molar-refractivity contribution >= 4 is 29.9 Å². The molecule has 1 saturated heterocycles. The van der Waals surface area contributed by atoms with Crippen LogP contribution in [0, 0.1) is 25.7 Å². The minimum Gasteiger partial charge on any atom is -0.356 e. The monoisotopic (exact) mass is 504 g/mol. The maximum atomic E-state index is 4.50. The van der Waals surface area contributed by atoms with Gasteiger partial charge in [0.2, 0.25) is 0 Å². The van der Waals surface area contributed by atoms with E-state index in [1.54, 1.807) is 0 Å². The Bertz CT molecular complexity index is 575. The molecule has 1 aliphatic rings. The third-order valence-electron chi connectivity index (χ3n) is 5.30. The fourth-order valence-corrected chi connectivity index (χ4v) is 4.20. The van der Waals surface area contributed by atoms with E-state index in [-0.39, 0.29) is 24.0 Å². The van der Waals surface area contributed by atoms with Crippen LogP contribution in [-0.4, -0.2) is 60.4 Å². The predicted molar refractivity (Wildman–Crippen MR) is 130 cm³/mol. The van der Waals surface area contributed by atoms with E-state index >= 15 is 0 Å². The average Bonchev–Trinajstić information content (AvgIpc) is 2.93. The molecular formula is C21H41IN6. The van der Waals surface area contributed by atoms with Crippen molar-refractivity contribution in [3.8, 4) is 0 Å². The molecule has 1 aromatic heterocycles. The molecular weight excluding hydrogens is 463 g/mol. The van der Waals surface area contributed by atoms with Gasteiger partial charge in [0.15, 0.2) is 5.96 Å². The van der Waals surface area contributed by atoms with Gasteiger partial charge in [0, 0.05) is 45.5 Å². The van der Waals surface area contributed by atoms with Crippen molar-refractivity contribution in [2.75, 3.05) is 39.8 Å². The van der Waals surface area contributed by atoms with Crippen molar-refractivity contribution in [3.05, 3.63) is 17.5 Å². The first-order chi connectivity index (χ1) is 13.0. The minimum atomic E-state index is 0. The minimum absolute atomic E-state index is 0. The van der Waals surface area contributed by atoms with Gasteiger partial charge in [-0.25, -0.2) is 0 Å². The van der Waals surface area contributed by atoms with E-state index in [9.17, 15) is 0 Å². The molecule has 2 N–H and O–H groups in total. The third-order valence-corrected chi connectivity index (χ3v) is 5.30. The lowest BCUT2D eigenvalue weighted by Gasteiger charge is -2.34. The van der Waals surface area contributed by atoms with Crippen LogP contribution < -0.4 is 10.6 Å². The molecule has 1 aromatic rings. The summed E-state index contributed by atoms with van der Waals surface area (Å²) in [5.41, 5.74) is 2.32. The molecule has 28 heavy (non-hydrogen) atoms. The van der Waals surface area contributed by atoms with Gasteiger partial charge in [-0.1, -0.05) is 13.8 Å². The maximum absolute atomic E-state index is 4.50. The van der Waals surface area contributed by atoms with E-state index < -0.39 is 0 Å². The Kier molecular flexibility index (Phi) is 12.1. The second-order valence-electron chi connectivity index (χ2n) is 8.34. The Morgan fingerprint density at radius 3 is 2.29 bits per heavy atom. The number of hydrogen-bond acceptors (Lipinski definition) is 3.